The van der Waals surface area contributed by atoms with Crippen LogP contribution in [0.25, 0.3) is 0 Å². The molecule has 5 nitrogen and oxygen atoms in total. The number of hydrogen-bond donors (Lipinski definition) is 2. The maximum atomic E-state index is 11.7. The molecule has 0 aliphatic rings. The predicted molar refractivity (Wildman–Crippen MR) is 72.0 cm³/mol. The quantitative estimate of drug-likeness (QED) is 0.651. The van der Waals surface area contributed by atoms with E-state index >= 15 is 0 Å². The molecule has 5 heteroatoms. The predicted octanol–water partition coefficient (Wildman–Crippen LogP) is 1.30. The molecule has 0 aliphatic heterocycles. The van der Waals surface area contributed by atoms with Gasteiger partial charge in [-0.1, -0.05) is 12.8 Å². The van der Waals surface area contributed by atoms with E-state index in [0.29, 0.717) is 6.42 Å². The van der Waals surface area contributed by atoms with Crippen LogP contribution in [0.2, 0.25) is 0 Å². The van der Waals surface area contributed by atoms with Crippen molar-refractivity contribution in [2.75, 3.05) is 6.54 Å². The second-order valence-corrected chi connectivity index (χ2v) is 4.68. The first-order chi connectivity index (χ1) is 8.72. The second kappa shape index (κ2) is 8.69. The Balaban J connectivity index is 2.08. The SMILES string of the molecule is CC(Cn1ccnc1)NC(=O)CCCCCCN. The summed E-state index contributed by atoms with van der Waals surface area (Å²) in [5, 5.41) is 3.00. The number of carbonyl (C=O) groups is 1. The lowest BCUT2D eigenvalue weighted by atomic mass is 10.1. The van der Waals surface area contributed by atoms with Crippen molar-refractivity contribution in [3.63, 3.8) is 0 Å². The Morgan fingerprint density at radius 3 is 2.83 bits per heavy atom. The van der Waals surface area contributed by atoms with Crippen LogP contribution >= 0.6 is 0 Å². The Bertz CT molecular complexity index is 324. The number of imidazole rings is 1. The molecule has 0 bridgehead atoms. The van der Waals surface area contributed by atoms with Gasteiger partial charge in [0.2, 0.25) is 5.91 Å². The highest BCUT2D eigenvalue weighted by molar-refractivity contribution is 5.76. The average molecular weight is 252 g/mol. The number of carbonyl (C=O) groups excluding carboxylic acids is 1. The molecule has 1 rings (SSSR count). The highest BCUT2D eigenvalue weighted by Gasteiger charge is 2.07. The molecule has 18 heavy (non-hydrogen) atoms. The van der Waals surface area contributed by atoms with E-state index in [-0.39, 0.29) is 11.9 Å². The first-order valence-electron chi connectivity index (χ1n) is 6.67. The zero-order chi connectivity index (χ0) is 13.2. The van der Waals surface area contributed by atoms with Crippen molar-refractivity contribution >= 4 is 5.91 Å². The minimum atomic E-state index is 0.135. The topological polar surface area (TPSA) is 72.9 Å². The van der Waals surface area contributed by atoms with Crippen LogP contribution in [0.5, 0.6) is 0 Å². The number of nitrogens with one attached hydrogen (secondary N) is 1. The lowest BCUT2D eigenvalue weighted by Gasteiger charge is -2.14. The van der Waals surface area contributed by atoms with Gasteiger partial charge in [-0.05, 0) is 26.3 Å². The van der Waals surface area contributed by atoms with Crippen molar-refractivity contribution in [2.24, 2.45) is 5.73 Å². The van der Waals surface area contributed by atoms with Crippen LogP contribution in [0.4, 0.5) is 0 Å². The van der Waals surface area contributed by atoms with E-state index in [9.17, 15) is 4.79 Å². The standard InChI is InChI=1S/C13H24N4O/c1-12(10-17-9-8-15-11-17)16-13(18)6-4-2-3-5-7-14/h8-9,11-12H,2-7,10,14H2,1H3,(H,16,18). The molecule has 1 aromatic rings. The van der Waals surface area contributed by atoms with Crippen LogP contribution in [-0.4, -0.2) is 28.0 Å². The second-order valence-electron chi connectivity index (χ2n) is 4.68. The van der Waals surface area contributed by atoms with Crippen LogP contribution in [0.3, 0.4) is 0 Å². The normalized spacial score (nSPS) is 12.3. The van der Waals surface area contributed by atoms with Crippen molar-refractivity contribution in [2.45, 2.75) is 51.6 Å². The molecule has 3 N–H and O–H groups in total. The average Bonchev–Trinajstić information content (AvgIpc) is 2.81. The van der Waals surface area contributed by atoms with Crippen LogP contribution in [-0.2, 0) is 11.3 Å². The highest BCUT2D eigenvalue weighted by atomic mass is 16.1. The molecule has 0 spiro atoms. The third-order valence-corrected chi connectivity index (χ3v) is 2.81. The number of rotatable bonds is 9. The summed E-state index contributed by atoms with van der Waals surface area (Å²) in [4.78, 5) is 15.6. The molecule has 1 heterocycles. The Morgan fingerprint density at radius 2 is 2.17 bits per heavy atom. The van der Waals surface area contributed by atoms with Crippen LogP contribution in [0.1, 0.15) is 39.0 Å². The third-order valence-electron chi connectivity index (χ3n) is 2.81. The Labute approximate surface area is 109 Å². The van der Waals surface area contributed by atoms with Gasteiger partial charge in [-0.15, -0.1) is 0 Å². The van der Waals surface area contributed by atoms with Gasteiger partial charge in [0.25, 0.3) is 0 Å². The first-order valence-corrected chi connectivity index (χ1v) is 6.67. The van der Waals surface area contributed by atoms with Crippen molar-refractivity contribution in [3.8, 4) is 0 Å². The molecule has 0 saturated heterocycles. The first kappa shape index (κ1) is 14.7. The Kier molecular flexibility index (Phi) is 7.10. The Morgan fingerprint density at radius 1 is 1.39 bits per heavy atom. The summed E-state index contributed by atoms with van der Waals surface area (Å²) in [5.74, 6) is 0.135. The monoisotopic (exact) mass is 252 g/mol. The van der Waals surface area contributed by atoms with Gasteiger partial charge in [-0.2, -0.15) is 0 Å². The molecule has 0 saturated carbocycles. The van der Waals surface area contributed by atoms with Crippen LogP contribution in [0, 0.1) is 0 Å². The number of nitrogens with two attached hydrogens (primary N) is 1. The molecular weight excluding hydrogens is 228 g/mol. The fourth-order valence-corrected chi connectivity index (χ4v) is 1.89. The van der Waals surface area contributed by atoms with E-state index in [1.165, 1.54) is 0 Å². The fraction of sp³-hybridized carbons (Fsp3) is 0.692. The molecular formula is C13H24N4O. The minimum absolute atomic E-state index is 0.135. The number of unbranched alkanes of at least 4 members (excludes halogenated alkanes) is 3. The highest BCUT2D eigenvalue weighted by Crippen LogP contribution is 2.02. The zero-order valence-electron chi connectivity index (χ0n) is 11.1. The molecule has 0 aromatic carbocycles. The number of amides is 1. The van der Waals surface area contributed by atoms with Crippen LogP contribution < -0.4 is 11.1 Å². The molecule has 0 aliphatic carbocycles. The van der Waals surface area contributed by atoms with E-state index < -0.39 is 0 Å². The van der Waals surface area contributed by atoms with Crippen molar-refractivity contribution in [1.82, 2.24) is 14.9 Å². The number of aromatic nitrogens is 2. The summed E-state index contributed by atoms with van der Waals surface area (Å²) in [6.45, 7) is 3.51. The van der Waals surface area contributed by atoms with Gasteiger partial charge in [-0.25, -0.2) is 4.98 Å². The summed E-state index contributed by atoms with van der Waals surface area (Å²) in [5.41, 5.74) is 5.41. The molecule has 0 fully saturated rings. The molecule has 102 valence electrons. The lowest BCUT2D eigenvalue weighted by Crippen LogP contribution is -2.35. The smallest absolute Gasteiger partial charge is 0.220 e. The van der Waals surface area contributed by atoms with Gasteiger partial charge in [0.15, 0.2) is 0 Å². The van der Waals surface area contributed by atoms with Gasteiger partial charge < -0.3 is 15.6 Å². The summed E-state index contributed by atoms with van der Waals surface area (Å²) >= 11 is 0. The van der Waals surface area contributed by atoms with E-state index in [4.69, 9.17) is 5.73 Å². The largest absolute Gasteiger partial charge is 0.352 e. The van der Waals surface area contributed by atoms with Crippen molar-refractivity contribution in [3.05, 3.63) is 18.7 Å². The summed E-state index contributed by atoms with van der Waals surface area (Å²) in [7, 11) is 0. The van der Waals surface area contributed by atoms with Gasteiger partial charge in [0.1, 0.15) is 0 Å². The molecule has 1 unspecified atom stereocenters. The van der Waals surface area contributed by atoms with E-state index in [1.54, 1.807) is 12.5 Å². The minimum Gasteiger partial charge on any atom is -0.352 e. The van der Waals surface area contributed by atoms with Gasteiger partial charge in [0, 0.05) is 31.4 Å². The number of hydrogen-bond acceptors (Lipinski definition) is 3. The molecule has 1 amide bonds. The van der Waals surface area contributed by atoms with Gasteiger partial charge in [0.05, 0.1) is 6.33 Å². The van der Waals surface area contributed by atoms with E-state index in [2.05, 4.69) is 10.3 Å². The summed E-state index contributed by atoms with van der Waals surface area (Å²) in [6, 6.07) is 0.135. The van der Waals surface area contributed by atoms with Gasteiger partial charge in [-0.3, -0.25) is 4.79 Å². The maximum Gasteiger partial charge on any atom is 0.220 e. The summed E-state index contributed by atoms with van der Waals surface area (Å²) in [6.07, 6.45) is 10.2. The molecule has 0 radical (unpaired) electrons. The number of nitrogens with zero attached hydrogens (tertiary/aromatic N) is 2. The van der Waals surface area contributed by atoms with Gasteiger partial charge >= 0.3 is 0 Å². The van der Waals surface area contributed by atoms with E-state index in [1.807, 2.05) is 17.7 Å². The van der Waals surface area contributed by atoms with Crippen molar-refractivity contribution in [1.29, 1.82) is 0 Å². The van der Waals surface area contributed by atoms with Crippen LogP contribution in [0.15, 0.2) is 18.7 Å². The third kappa shape index (κ3) is 6.39. The van der Waals surface area contributed by atoms with Crippen molar-refractivity contribution < 1.29 is 4.79 Å². The lowest BCUT2D eigenvalue weighted by molar-refractivity contribution is -0.121. The zero-order valence-corrected chi connectivity index (χ0v) is 11.1. The fourth-order valence-electron chi connectivity index (χ4n) is 1.89. The summed E-state index contributed by atoms with van der Waals surface area (Å²) < 4.78 is 1.96. The molecule has 1 aromatic heterocycles. The maximum absolute atomic E-state index is 11.7. The van der Waals surface area contributed by atoms with E-state index in [0.717, 1.165) is 38.8 Å². The molecule has 1 atom stereocenters. The Hall–Kier alpha value is -1.36.